The number of ether oxygens (including phenoxy) is 1. The van der Waals surface area contributed by atoms with Gasteiger partial charge in [0, 0.05) is 0 Å². The van der Waals surface area contributed by atoms with E-state index in [9.17, 15) is 19.2 Å². The number of imide groups is 1. The summed E-state index contributed by atoms with van der Waals surface area (Å²) in [5.41, 5.74) is 1.16. The summed E-state index contributed by atoms with van der Waals surface area (Å²) in [4.78, 5) is 50.3. The van der Waals surface area contributed by atoms with Gasteiger partial charge in [0.05, 0.1) is 22.4 Å². The molecule has 0 aliphatic carbocycles. The number of aryl methyl sites for hydroxylation is 1. The minimum Gasteiger partial charge on any atom is -0.459 e. The van der Waals surface area contributed by atoms with E-state index in [2.05, 4.69) is 5.32 Å². The topological polar surface area (TPSA) is 106 Å². The summed E-state index contributed by atoms with van der Waals surface area (Å²) >= 11 is 1.03. The number of anilines is 1. The number of esters is 1. The fourth-order valence-electron chi connectivity index (χ4n) is 2.87. The van der Waals surface area contributed by atoms with Crippen LogP contribution in [0, 0.1) is 6.92 Å². The number of hydrogen-bond acceptors (Lipinski definition) is 7. The van der Waals surface area contributed by atoms with Crippen LogP contribution in [0.3, 0.4) is 0 Å². The van der Waals surface area contributed by atoms with Crippen molar-refractivity contribution in [3.63, 3.8) is 0 Å². The van der Waals surface area contributed by atoms with E-state index in [1.807, 2.05) is 0 Å². The first-order chi connectivity index (χ1) is 14.0. The van der Waals surface area contributed by atoms with E-state index in [1.165, 1.54) is 12.3 Å². The predicted molar refractivity (Wildman–Crippen MR) is 103 cm³/mol. The normalized spacial score (nSPS) is 12.8. The second kappa shape index (κ2) is 7.36. The third kappa shape index (κ3) is 3.43. The molecule has 0 unspecified atom stereocenters. The van der Waals surface area contributed by atoms with Crippen LogP contribution in [0.5, 0.6) is 0 Å². The van der Waals surface area contributed by atoms with E-state index in [1.54, 1.807) is 43.3 Å². The third-order valence-corrected chi connectivity index (χ3v) is 5.42. The van der Waals surface area contributed by atoms with Crippen molar-refractivity contribution in [3.05, 3.63) is 76.1 Å². The molecule has 4 rings (SSSR count). The zero-order valence-corrected chi connectivity index (χ0v) is 15.9. The highest BCUT2D eigenvalue weighted by molar-refractivity contribution is 7.18. The molecule has 2 aromatic heterocycles. The minimum absolute atomic E-state index is 0.144. The van der Waals surface area contributed by atoms with Crippen LogP contribution in [-0.4, -0.2) is 35.3 Å². The second-order valence-corrected chi connectivity index (χ2v) is 7.25. The SMILES string of the molecule is Cc1cc(NC(=O)c2ccco2)sc1C(=O)OCN1C(=O)c2ccccc2C1=O. The van der Waals surface area contributed by atoms with Crippen LogP contribution in [0.4, 0.5) is 5.00 Å². The van der Waals surface area contributed by atoms with Gasteiger partial charge in [-0.1, -0.05) is 12.1 Å². The van der Waals surface area contributed by atoms with Gasteiger partial charge in [0.15, 0.2) is 12.5 Å². The Balaban J connectivity index is 1.42. The van der Waals surface area contributed by atoms with E-state index >= 15 is 0 Å². The van der Waals surface area contributed by atoms with Crippen molar-refractivity contribution < 1.29 is 28.3 Å². The number of nitrogens with zero attached hydrogens (tertiary/aromatic N) is 1. The zero-order valence-electron chi connectivity index (χ0n) is 15.1. The molecule has 1 aliphatic rings. The molecule has 0 fully saturated rings. The number of nitrogens with one attached hydrogen (secondary N) is 1. The Bertz CT molecular complexity index is 1100. The molecular weight excluding hydrogens is 396 g/mol. The zero-order chi connectivity index (χ0) is 20.5. The molecule has 0 bridgehead atoms. The van der Waals surface area contributed by atoms with E-state index in [-0.39, 0.29) is 21.8 Å². The van der Waals surface area contributed by atoms with Gasteiger partial charge in [0.1, 0.15) is 4.88 Å². The summed E-state index contributed by atoms with van der Waals surface area (Å²) in [5, 5.41) is 3.08. The lowest BCUT2D eigenvalue weighted by atomic mass is 10.1. The quantitative estimate of drug-likeness (QED) is 0.511. The molecule has 3 amide bonds. The van der Waals surface area contributed by atoms with Gasteiger partial charge in [0.25, 0.3) is 17.7 Å². The molecule has 0 radical (unpaired) electrons. The summed E-state index contributed by atoms with van der Waals surface area (Å²) in [6.45, 7) is 1.20. The number of furan rings is 1. The first-order valence-electron chi connectivity index (χ1n) is 8.53. The fourth-order valence-corrected chi connectivity index (χ4v) is 3.83. The van der Waals surface area contributed by atoms with Crippen LogP contribution >= 0.6 is 11.3 Å². The van der Waals surface area contributed by atoms with Gasteiger partial charge < -0.3 is 14.5 Å². The van der Waals surface area contributed by atoms with E-state index in [0.717, 1.165) is 16.2 Å². The molecule has 3 aromatic rings. The van der Waals surface area contributed by atoms with Crippen LogP contribution in [0.2, 0.25) is 0 Å². The highest BCUT2D eigenvalue weighted by Crippen LogP contribution is 2.28. The molecule has 9 heteroatoms. The lowest BCUT2D eigenvalue weighted by molar-refractivity contribution is 0.0231. The summed E-state index contributed by atoms with van der Waals surface area (Å²) in [7, 11) is 0. The molecule has 0 atom stereocenters. The van der Waals surface area contributed by atoms with Crippen molar-refractivity contribution >= 4 is 40.0 Å². The van der Waals surface area contributed by atoms with Crippen molar-refractivity contribution in [3.8, 4) is 0 Å². The van der Waals surface area contributed by atoms with Crippen molar-refractivity contribution in [2.24, 2.45) is 0 Å². The number of carbonyl (C=O) groups excluding carboxylic acids is 4. The Morgan fingerprint density at radius 3 is 2.41 bits per heavy atom. The molecule has 1 N–H and O–H groups in total. The van der Waals surface area contributed by atoms with Crippen LogP contribution in [0.15, 0.2) is 53.1 Å². The molecule has 29 heavy (non-hydrogen) atoms. The smallest absolute Gasteiger partial charge is 0.350 e. The lowest BCUT2D eigenvalue weighted by Gasteiger charge is -2.13. The Morgan fingerprint density at radius 2 is 1.79 bits per heavy atom. The number of thiophene rings is 1. The molecule has 8 nitrogen and oxygen atoms in total. The van der Waals surface area contributed by atoms with Gasteiger partial charge in [-0.15, -0.1) is 11.3 Å². The standard InChI is InChI=1S/C20H14N2O6S/c1-11-9-15(21-17(23)14-7-4-8-27-14)29-16(11)20(26)28-10-22-18(24)12-5-2-3-6-13(12)19(22)25/h2-9H,10H2,1H3,(H,21,23). The molecule has 1 aliphatic heterocycles. The van der Waals surface area contributed by atoms with Crippen LogP contribution in [-0.2, 0) is 4.74 Å². The van der Waals surface area contributed by atoms with Crippen molar-refractivity contribution in [1.29, 1.82) is 0 Å². The highest BCUT2D eigenvalue weighted by atomic mass is 32.1. The van der Waals surface area contributed by atoms with Crippen LogP contribution in [0.1, 0.15) is 46.5 Å². The molecule has 1 aromatic carbocycles. The summed E-state index contributed by atoms with van der Waals surface area (Å²) in [6, 6.07) is 11.2. The largest absolute Gasteiger partial charge is 0.459 e. The number of fused-ring (bicyclic) bond motifs is 1. The Morgan fingerprint density at radius 1 is 1.10 bits per heavy atom. The number of carbonyl (C=O) groups is 4. The fraction of sp³-hybridized carbons (Fsp3) is 0.100. The molecule has 146 valence electrons. The van der Waals surface area contributed by atoms with Crippen molar-refractivity contribution in [2.75, 3.05) is 12.0 Å². The Labute approximate surface area is 168 Å². The maximum atomic E-state index is 12.4. The lowest BCUT2D eigenvalue weighted by Crippen LogP contribution is -2.33. The van der Waals surface area contributed by atoms with Crippen LogP contribution < -0.4 is 5.32 Å². The Kier molecular flexibility index (Phi) is 4.73. The van der Waals surface area contributed by atoms with E-state index in [4.69, 9.17) is 9.15 Å². The average molecular weight is 410 g/mol. The number of hydrogen-bond donors (Lipinski definition) is 1. The maximum Gasteiger partial charge on any atom is 0.350 e. The second-order valence-electron chi connectivity index (χ2n) is 6.20. The van der Waals surface area contributed by atoms with E-state index < -0.39 is 30.4 Å². The maximum absolute atomic E-state index is 12.4. The summed E-state index contributed by atoms with van der Waals surface area (Å²) < 4.78 is 10.2. The first-order valence-corrected chi connectivity index (χ1v) is 9.35. The van der Waals surface area contributed by atoms with Crippen molar-refractivity contribution in [2.45, 2.75) is 6.92 Å². The highest BCUT2D eigenvalue weighted by Gasteiger charge is 2.36. The predicted octanol–water partition coefficient (Wildman–Crippen LogP) is 3.31. The van der Waals surface area contributed by atoms with Crippen LogP contribution in [0.25, 0.3) is 0 Å². The number of amides is 3. The van der Waals surface area contributed by atoms with Gasteiger partial charge in [-0.3, -0.25) is 14.4 Å². The van der Waals surface area contributed by atoms with Crippen molar-refractivity contribution in [1.82, 2.24) is 4.90 Å². The minimum atomic E-state index is -0.692. The third-order valence-electron chi connectivity index (χ3n) is 4.29. The van der Waals surface area contributed by atoms with Gasteiger partial charge >= 0.3 is 5.97 Å². The number of rotatable bonds is 5. The van der Waals surface area contributed by atoms with Gasteiger partial charge in [-0.2, -0.15) is 0 Å². The molecule has 0 saturated heterocycles. The van der Waals surface area contributed by atoms with E-state index in [0.29, 0.717) is 10.6 Å². The molecule has 0 saturated carbocycles. The molecule has 0 spiro atoms. The summed E-state index contributed by atoms with van der Waals surface area (Å²) in [6.07, 6.45) is 1.39. The average Bonchev–Trinajstić information content (AvgIpc) is 3.42. The van der Waals surface area contributed by atoms with Gasteiger partial charge in [-0.25, -0.2) is 9.69 Å². The van der Waals surface area contributed by atoms with Gasteiger partial charge in [0.2, 0.25) is 0 Å². The number of benzene rings is 1. The first kappa shape index (κ1) is 18.6. The monoisotopic (exact) mass is 410 g/mol. The van der Waals surface area contributed by atoms with Gasteiger partial charge in [-0.05, 0) is 42.8 Å². The molecular formula is C20H14N2O6S. The Hall–Kier alpha value is -3.72. The summed E-state index contributed by atoms with van der Waals surface area (Å²) in [5.74, 6) is -2.00. The molecule has 3 heterocycles.